The maximum atomic E-state index is 11.1. The number of carboxylic acids is 1. The van der Waals surface area contributed by atoms with Gasteiger partial charge in [-0.1, -0.05) is 0 Å². The average molecular weight is 193 g/mol. The third-order valence-corrected chi connectivity index (χ3v) is 2.70. The van der Waals surface area contributed by atoms with E-state index >= 15 is 0 Å². The molecule has 0 bridgehead atoms. The first-order chi connectivity index (χ1) is 6.65. The van der Waals surface area contributed by atoms with E-state index in [9.17, 15) is 4.79 Å². The molecule has 74 valence electrons. The summed E-state index contributed by atoms with van der Waals surface area (Å²) in [5, 5.41) is 9.14. The van der Waals surface area contributed by atoms with Crippen molar-refractivity contribution in [2.75, 3.05) is 0 Å². The molecule has 5 nitrogen and oxygen atoms in total. The lowest BCUT2D eigenvalue weighted by molar-refractivity contribution is -0.148. The van der Waals surface area contributed by atoms with Crippen LogP contribution in [-0.4, -0.2) is 27.1 Å². The Bertz CT molecular complexity index is 346. The quantitative estimate of drug-likeness (QED) is 0.685. The molecule has 14 heavy (non-hydrogen) atoms. The van der Waals surface area contributed by atoms with Gasteiger partial charge in [-0.25, -0.2) is 9.97 Å². The van der Waals surface area contributed by atoms with Crippen molar-refractivity contribution in [1.82, 2.24) is 9.97 Å². The molecule has 0 radical (unpaired) electrons. The minimum Gasteiger partial charge on any atom is -0.481 e. The number of hydrogen-bond donors (Lipinski definition) is 2. The highest BCUT2D eigenvalue weighted by Gasteiger charge is 2.51. The molecular weight excluding hydrogens is 182 g/mol. The minimum atomic E-state index is -0.873. The van der Waals surface area contributed by atoms with Crippen LogP contribution in [0.5, 0.6) is 0 Å². The maximum absolute atomic E-state index is 11.1. The number of carbonyl (C=O) groups is 1. The molecule has 1 aliphatic rings. The lowest BCUT2D eigenvalue weighted by atomic mass is 9.63. The number of rotatable bonds is 2. The molecule has 1 saturated carbocycles. The van der Waals surface area contributed by atoms with Crippen LogP contribution in [-0.2, 0) is 10.2 Å². The standard InChI is InChI=1S/C9H11N3O2/c10-6-3-9(4-6,8(13)14)7-1-2-11-5-12-7/h1-2,5-6H,3-4,10H2,(H,13,14). The lowest BCUT2D eigenvalue weighted by Gasteiger charge is -2.41. The molecule has 1 aliphatic carbocycles. The van der Waals surface area contributed by atoms with E-state index in [0.717, 1.165) is 0 Å². The van der Waals surface area contributed by atoms with Crippen molar-refractivity contribution < 1.29 is 9.90 Å². The predicted octanol–water partition coefficient (Wildman–Crippen LogP) is -0.0799. The molecule has 1 fully saturated rings. The van der Waals surface area contributed by atoms with Gasteiger partial charge >= 0.3 is 5.97 Å². The molecule has 1 heterocycles. The number of aliphatic carboxylic acids is 1. The smallest absolute Gasteiger partial charge is 0.315 e. The zero-order valence-corrected chi connectivity index (χ0v) is 7.55. The lowest BCUT2D eigenvalue weighted by Crippen LogP contribution is -2.54. The van der Waals surface area contributed by atoms with Crippen molar-refractivity contribution in [2.45, 2.75) is 24.3 Å². The van der Waals surface area contributed by atoms with Crippen LogP contribution in [0.2, 0.25) is 0 Å². The molecule has 2 rings (SSSR count). The average Bonchev–Trinajstić information content (AvgIpc) is 2.13. The van der Waals surface area contributed by atoms with Gasteiger partial charge in [0.25, 0.3) is 0 Å². The molecule has 0 atom stereocenters. The summed E-state index contributed by atoms with van der Waals surface area (Å²) in [6.07, 6.45) is 3.83. The second kappa shape index (κ2) is 3.02. The van der Waals surface area contributed by atoms with Crippen molar-refractivity contribution >= 4 is 5.97 Å². The SMILES string of the molecule is NC1CC(C(=O)O)(c2ccncn2)C1. The molecule has 0 amide bonds. The first-order valence-corrected chi connectivity index (χ1v) is 4.40. The minimum absolute atomic E-state index is 0.0268. The topological polar surface area (TPSA) is 89.1 Å². The highest BCUT2D eigenvalue weighted by atomic mass is 16.4. The van der Waals surface area contributed by atoms with Crippen LogP contribution in [0.25, 0.3) is 0 Å². The van der Waals surface area contributed by atoms with E-state index in [1.165, 1.54) is 6.33 Å². The van der Waals surface area contributed by atoms with Gasteiger partial charge in [0.05, 0.1) is 5.69 Å². The molecule has 5 heteroatoms. The van der Waals surface area contributed by atoms with Gasteiger partial charge in [-0.3, -0.25) is 4.79 Å². The van der Waals surface area contributed by atoms with Crippen LogP contribution >= 0.6 is 0 Å². The largest absolute Gasteiger partial charge is 0.481 e. The molecule has 0 unspecified atom stereocenters. The highest BCUT2D eigenvalue weighted by Crippen LogP contribution is 2.42. The number of carboxylic acid groups (broad SMARTS) is 1. The van der Waals surface area contributed by atoms with Crippen LogP contribution in [0.1, 0.15) is 18.5 Å². The molecule has 0 saturated heterocycles. The Kier molecular flexibility index (Phi) is 1.96. The third-order valence-electron chi connectivity index (χ3n) is 2.70. The van der Waals surface area contributed by atoms with E-state index in [1.807, 2.05) is 0 Å². The number of nitrogens with zero attached hydrogens (tertiary/aromatic N) is 2. The summed E-state index contributed by atoms with van der Waals surface area (Å²) in [4.78, 5) is 18.9. The number of nitrogens with two attached hydrogens (primary N) is 1. The van der Waals surface area contributed by atoms with Crippen molar-refractivity contribution in [1.29, 1.82) is 0 Å². The zero-order chi connectivity index (χ0) is 10.2. The van der Waals surface area contributed by atoms with E-state index in [-0.39, 0.29) is 6.04 Å². The second-order valence-corrected chi connectivity index (χ2v) is 3.65. The fourth-order valence-electron chi connectivity index (χ4n) is 1.90. The van der Waals surface area contributed by atoms with Gasteiger partial charge < -0.3 is 10.8 Å². The summed E-state index contributed by atoms with van der Waals surface area (Å²) < 4.78 is 0. The molecule has 1 aromatic rings. The van der Waals surface area contributed by atoms with Gasteiger partial charge in [0.15, 0.2) is 0 Å². The van der Waals surface area contributed by atoms with E-state index in [2.05, 4.69) is 9.97 Å². The van der Waals surface area contributed by atoms with Crippen molar-refractivity contribution in [2.24, 2.45) is 5.73 Å². The fraction of sp³-hybridized carbons (Fsp3) is 0.444. The van der Waals surface area contributed by atoms with Crippen LogP contribution in [0.15, 0.2) is 18.6 Å². The first-order valence-electron chi connectivity index (χ1n) is 4.40. The summed E-state index contributed by atoms with van der Waals surface area (Å²) in [7, 11) is 0. The summed E-state index contributed by atoms with van der Waals surface area (Å²) in [6.45, 7) is 0. The molecule has 0 aromatic carbocycles. The van der Waals surface area contributed by atoms with Gasteiger partial charge in [0.1, 0.15) is 11.7 Å². The molecule has 0 spiro atoms. The Labute approximate surface area is 81.0 Å². The number of aromatic nitrogens is 2. The van der Waals surface area contributed by atoms with Gasteiger partial charge in [-0.05, 0) is 18.9 Å². The Balaban J connectivity index is 2.34. The van der Waals surface area contributed by atoms with E-state index in [1.54, 1.807) is 12.3 Å². The Hall–Kier alpha value is -1.49. The summed E-state index contributed by atoms with van der Waals surface area (Å²) in [5.74, 6) is -0.849. The van der Waals surface area contributed by atoms with Gasteiger partial charge in [-0.2, -0.15) is 0 Å². The first kappa shape index (κ1) is 9.08. The maximum Gasteiger partial charge on any atom is 0.315 e. The Morgan fingerprint density at radius 1 is 1.64 bits per heavy atom. The van der Waals surface area contributed by atoms with E-state index in [4.69, 9.17) is 10.8 Å². The van der Waals surface area contributed by atoms with Gasteiger partial charge in [0, 0.05) is 12.2 Å². The van der Waals surface area contributed by atoms with Crippen molar-refractivity contribution in [3.63, 3.8) is 0 Å². The predicted molar refractivity (Wildman–Crippen MR) is 48.6 cm³/mol. The summed E-state index contributed by atoms with van der Waals surface area (Å²) in [5.41, 5.74) is 5.31. The van der Waals surface area contributed by atoms with Crippen LogP contribution in [0.4, 0.5) is 0 Å². The van der Waals surface area contributed by atoms with Crippen molar-refractivity contribution in [3.8, 4) is 0 Å². The van der Waals surface area contributed by atoms with Crippen LogP contribution in [0.3, 0.4) is 0 Å². The van der Waals surface area contributed by atoms with Gasteiger partial charge in [0.2, 0.25) is 0 Å². The zero-order valence-electron chi connectivity index (χ0n) is 7.55. The van der Waals surface area contributed by atoms with E-state index in [0.29, 0.717) is 18.5 Å². The summed E-state index contributed by atoms with van der Waals surface area (Å²) in [6, 6.07) is 1.61. The third kappa shape index (κ3) is 1.17. The molecule has 3 N–H and O–H groups in total. The molecule has 0 aliphatic heterocycles. The second-order valence-electron chi connectivity index (χ2n) is 3.65. The Morgan fingerprint density at radius 2 is 2.36 bits per heavy atom. The van der Waals surface area contributed by atoms with E-state index < -0.39 is 11.4 Å². The molecular formula is C9H11N3O2. The van der Waals surface area contributed by atoms with Crippen LogP contribution < -0.4 is 5.73 Å². The highest BCUT2D eigenvalue weighted by molar-refractivity contribution is 5.82. The normalized spacial score (nSPS) is 30.8. The van der Waals surface area contributed by atoms with Crippen molar-refractivity contribution in [3.05, 3.63) is 24.3 Å². The Morgan fingerprint density at radius 3 is 2.79 bits per heavy atom. The molecule has 1 aromatic heterocycles. The van der Waals surface area contributed by atoms with Gasteiger partial charge in [-0.15, -0.1) is 0 Å². The van der Waals surface area contributed by atoms with Crippen LogP contribution in [0, 0.1) is 0 Å². The fourth-order valence-corrected chi connectivity index (χ4v) is 1.90. The summed E-state index contributed by atoms with van der Waals surface area (Å²) >= 11 is 0. The monoisotopic (exact) mass is 193 g/mol. The number of hydrogen-bond acceptors (Lipinski definition) is 4.